The quantitative estimate of drug-likeness (QED) is 0.622. The van der Waals surface area contributed by atoms with E-state index >= 15 is 0 Å². The van der Waals surface area contributed by atoms with Gasteiger partial charge < -0.3 is 14.8 Å². The summed E-state index contributed by atoms with van der Waals surface area (Å²) in [4.78, 5) is 24.2. The number of hydrogen-bond acceptors (Lipinski definition) is 4. The van der Waals surface area contributed by atoms with Crippen molar-refractivity contribution in [3.63, 3.8) is 0 Å². The van der Waals surface area contributed by atoms with Crippen LogP contribution in [0.3, 0.4) is 0 Å². The van der Waals surface area contributed by atoms with E-state index in [4.69, 9.17) is 9.47 Å². The molecular weight excluding hydrogens is 366 g/mol. The standard InChI is InChI=1S/C24H31NO4/c1-17(2)14-15-28-23(27)18-10-12-19(13-11-18)25-22(26)16-29-21-9-7-6-8-20(21)24(3,4)5/h6-13,17H,14-16H2,1-5H3,(H,25,26). The lowest BCUT2D eigenvalue weighted by atomic mass is 9.86. The van der Waals surface area contributed by atoms with Crippen LogP contribution in [-0.2, 0) is 14.9 Å². The third kappa shape index (κ3) is 7.26. The van der Waals surface area contributed by atoms with Crippen LogP contribution < -0.4 is 10.1 Å². The van der Waals surface area contributed by atoms with Crippen LogP contribution in [0, 0.1) is 5.92 Å². The number of benzene rings is 2. The number of anilines is 1. The molecule has 2 aromatic rings. The monoisotopic (exact) mass is 397 g/mol. The van der Waals surface area contributed by atoms with E-state index in [0.717, 1.165) is 12.0 Å². The molecule has 0 fully saturated rings. The molecule has 5 heteroatoms. The molecule has 0 saturated carbocycles. The minimum atomic E-state index is -0.356. The predicted molar refractivity (Wildman–Crippen MR) is 115 cm³/mol. The summed E-state index contributed by atoms with van der Waals surface area (Å²) in [6.45, 7) is 10.8. The van der Waals surface area contributed by atoms with Crippen LogP contribution in [0.1, 0.15) is 57.0 Å². The molecule has 1 amide bonds. The van der Waals surface area contributed by atoms with Crippen molar-refractivity contribution in [2.75, 3.05) is 18.5 Å². The van der Waals surface area contributed by atoms with Gasteiger partial charge in [0, 0.05) is 5.69 Å². The molecule has 0 bridgehead atoms. The maximum atomic E-state index is 12.2. The van der Waals surface area contributed by atoms with Gasteiger partial charge in [-0.1, -0.05) is 52.8 Å². The Morgan fingerprint density at radius 3 is 2.28 bits per heavy atom. The van der Waals surface area contributed by atoms with E-state index in [-0.39, 0.29) is 23.9 Å². The minimum Gasteiger partial charge on any atom is -0.483 e. The van der Waals surface area contributed by atoms with E-state index in [1.807, 2.05) is 24.3 Å². The molecule has 0 radical (unpaired) electrons. The lowest BCUT2D eigenvalue weighted by Gasteiger charge is -2.22. The summed E-state index contributed by atoms with van der Waals surface area (Å²) in [6.07, 6.45) is 0.832. The van der Waals surface area contributed by atoms with Crippen molar-refractivity contribution >= 4 is 17.6 Å². The van der Waals surface area contributed by atoms with E-state index in [2.05, 4.69) is 39.9 Å². The summed E-state index contributed by atoms with van der Waals surface area (Å²) in [5.41, 5.74) is 2.03. The summed E-state index contributed by atoms with van der Waals surface area (Å²) in [5.74, 6) is 0.569. The molecule has 0 spiro atoms. The van der Waals surface area contributed by atoms with Crippen molar-refractivity contribution in [3.05, 3.63) is 59.7 Å². The fourth-order valence-electron chi connectivity index (χ4n) is 2.71. The van der Waals surface area contributed by atoms with E-state index < -0.39 is 0 Å². The second-order valence-corrected chi connectivity index (χ2v) is 8.48. The van der Waals surface area contributed by atoms with Gasteiger partial charge >= 0.3 is 5.97 Å². The van der Waals surface area contributed by atoms with Gasteiger partial charge in [-0.2, -0.15) is 0 Å². The van der Waals surface area contributed by atoms with E-state index in [9.17, 15) is 9.59 Å². The number of rotatable bonds is 8. The van der Waals surface area contributed by atoms with Crippen molar-refractivity contribution in [2.24, 2.45) is 5.92 Å². The number of ether oxygens (including phenoxy) is 2. The van der Waals surface area contributed by atoms with Gasteiger partial charge in [0.25, 0.3) is 5.91 Å². The number of amides is 1. The number of nitrogens with one attached hydrogen (secondary N) is 1. The van der Waals surface area contributed by atoms with Gasteiger partial charge in [-0.15, -0.1) is 0 Å². The molecule has 156 valence electrons. The van der Waals surface area contributed by atoms with Crippen molar-refractivity contribution in [1.29, 1.82) is 0 Å². The van der Waals surface area contributed by atoms with Gasteiger partial charge in [0.2, 0.25) is 0 Å². The summed E-state index contributed by atoms with van der Waals surface area (Å²) < 4.78 is 11.0. The number of para-hydroxylation sites is 1. The van der Waals surface area contributed by atoms with E-state index in [1.54, 1.807) is 24.3 Å². The fourth-order valence-corrected chi connectivity index (χ4v) is 2.71. The number of carbonyl (C=O) groups is 2. The topological polar surface area (TPSA) is 64.6 Å². The molecule has 2 aromatic carbocycles. The highest BCUT2D eigenvalue weighted by Crippen LogP contribution is 2.30. The van der Waals surface area contributed by atoms with Crippen LogP contribution >= 0.6 is 0 Å². The molecular formula is C24H31NO4. The largest absolute Gasteiger partial charge is 0.483 e. The Morgan fingerprint density at radius 1 is 1.00 bits per heavy atom. The van der Waals surface area contributed by atoms with Crippen molar-refractivity contribution in [2.45, 2.75) is 46.5 Å². The summed E-state index contributed by atoms with van der Waals surface area (Å²) in [5, 5.41) is 2.78. The molecule has 0 saturated heterocycles. The van der Waals surface area contributed by atoms with Gasteiger partial charge in [-0.25, -0.2) is 4.79 Å². The van der Waals surface area contributed by atoms with Crippen LogP contribution in [0.5, 0.6) is 5.75 Å². The molecule has 0 aromatic heterocycles. The fraction of sp³-hybridized carbons (Fsp3) is 0.417. The average molecular weight is 398 g/mol. The van der Waals surface area contributed by atoms with E-state index in [1.165, 1.54) is 0 Å². The predicted octanol–water partition coefficient (Wildman–Crippen LogP) is 5.20. The van der Waals surface area contributed by atoms with Crippen LogP contribution in [0.4, 0.5) is 5.69 Å². The molecule has 0 aliphatic rings. The number of hydrogen-bond donors (Lipinski definition) is 1. The van der Waals surface area contributed by atoms with Gasteiger partial charge in [0.1, 0.15) is 5.75 Å². The Kier molecular flexibility index (Phi) is 7.82. The van der Waals surface area contributed by atoms with Crippen molar-refractivity contribution < 1.29 is 19.1 Å². The van der Waals surface area contributed by atoms with Crippen molar-refractivity contribution in [3.8, 4) is 5.75 Å². The normalized spacial score (nSPS) is 11.2. The van der Waals surface area contributed by atoms with Crippen LogP contribution in [-0.4, -0.2) is 25.1 Å². The molecule has 2 rings (SSSR count). The van der Waals surface area contributed by atoms with Gasteiger partial charge in [0.15, 0.2) is 6.61 Å². The first-order valence-corrected chi connectivity index (χ1v) is 9.96. The second-order valence-electron chi connectivity index (χ2n) is 8.48. The van der Waals surface area contributed by atoms with Crippen molar-refractivity contribution in [1.82, 2.24) is 0 Å². The highest BCUT2D eigenvalue weighted by molar-refractivity contribution is 5.93. The van der Waals surface area contributed by atoms with Gasteiger partial charge in [0.05, 0.1) is 12.2 Å². The Hall–Kier alpha value is -2.82. The lowest BCUT2D eigenvalue weighted by Crippen LogP contribution is -2.22. The summed E-state index contributed by atoms with van der Waals surface area (Å²) >= 11 is 0. The van der Waals surface area contributed by atoms with Gasteiger partial charge in [-0.3, -0.25) is 4.79 Å². The third-order valence-electron chi connectivity index (χ3n) is 4.39. The zero-order valence-electron chi connectivity index (χ0n) is 18.0. The highest BCUT2D eigenvalue weighted by atomic mass is 16.5. The molecule has 0 unspecified atom stereocenters. The van der Waals surface area contributed by atoms with E-state index in [0.29, 0.717) is 29.5 Å². The Labute approximate surface area is 173 Å². The molecule has 0 atom stereocenters. The smallest absolute Gasteiger partial charge is 0.338 e. The molecule has 1 N–H and O–H groups in total. The molecule has 29 heavy (non-hydrogen) atoms. The first kappa shape index (κ1) is 22.5. The molecule has 0 aliphatic carbocycles. The summed E-state index contributed by atoms with van der Waals surface area (Å²) in [6, 6.07) is 14.4. The Bertz CT molecular complexity index is 820. The van der Waals surface area contributed by atoms with Crippen LogP contribution in [0.15, 0.2) is 48.5 Å². The third-order valence-corrected chi connectivity index (χ3v) is 4.39. The summed E-state index contributed by atoms with van der Waals surface area (Å²) in [7, 11) is 0. The molecule has 0 aliphatic heterocycles. The lowest BCUT2D eigenvalue weighted by molar-refractivity contribution is -0.118. The zero-order chi connectivity index (χ0) is 21.4. The average Bonchev–Trinajstić information content (AvgIpc) is 2.66. The van der Waals surface area contributed by atoms with Crippen LogP contribution in [0.2, 0.25) is 0 Å². The minimum absolute atomic E-state index is 0.0767. The van der Waals surface area contributed by atoms with Gasteiger partial charge in [-0.05, 0) is 53.6 Å². The SMILES string of the molecule is CC(C)CCOC(=O)c1ccc(NC(=O)COc2ccccc2C(C)(C)C)cc1. The molecule has 0 heterocycles. The highest BCUT2D eigenvalue weighted by Gasteiger charge is 2.19. The maximum absolute atomic E-state index is 12.2. The first-order valence-electron chi connectivity index (χ1n) is 9.96. The van der Waals surface area contributed by atoms with Crippen LogP contribution in [0.25, 0.3) is 0 Å². The molecule has 5 nitrogen and oxygen atoms in total. The zero-order valence-corrected chi connectivity index (χ0v) is 18.0. The maximum Gasteiger partial charge on any atom is 0.338 e. The Balaban J connectivity index is 1.88. The second kappa shape index (κ2) is 10.1. The number of carbonyl (C=O) groups excluding carboxylic acids is 2. The first-order chi connectivity index (χ1) is 13.7. The Morgan fingerprint density at radius 2 is 1.66 bits per heavy atom. The number of esters is 1.